The number of hydrogen-bond donors (Lipinski definition) is 2. The Labute approximate surface area is 186 Å². The molecule has 1 aromatic heterocycles. The van der Waals surface area contributed by atoms with Gasteiger partial charge in [0, 0.05) is 42.3 Å². The van der Waals surface area contributed by atoms with Gasteiger partial charge in [-0.3, -0.25) is 14.4 Å². The third kappa shape index (κ3) is 5.51. The van der Waals surface area contributed by atoms with Crippen LogP contribution >= 0.6 is 11.3 Å². The van der Waals surface area contributed by atoms with Crippen LogP contribution in [0.2, 0.25) is 0 Å². The first-order valence-corrected chi connectivity index (χ1v) is 11.7. The van der Waals surface area contributed by atoms with Gasteiger partial charge < -0.3 is 20.4 Å². The zero-order chi connectivity index (χ0) is 21.6. The summed E-state index contributed by atoms with van der Waals surface area (Å²) in [7, 11) is 0. The third-order valence-electron chi connectivity index (χ3n) is 5.94. The van der Waals surface area contributed by atoms with Crippen molar-refractivity contribution in [3.63, 3.8) is 0 Å². The SMILES string of the molecule is O=C(NCCN1CCC(c2cccs2)CC1)C(=O)Nc1cccc(N2CCCC2=O)c1. The van der Waals surface area contributed by atoms with Crippen LogP contribution in [0, 0.1) is 0 Å². The van der Waals surface area contributed by atoms with Crippen molar-refractivity contribution in [2.45, 2.75) is 31.6 Å². The molecule has 2 aliphatic rings. The molecule has 4 rings (SSSR count). The first kappa shape index (κ1) is 21.5. The van der Waals surface area contributed by atoms with Crippen LogP contribution in [-0.4, -0.2) is 55.3 Å². The molecule has 0 radical (unpaired) electrons. The summed E-state index contributed by atoms with van der Waals surface area (Å²) >= 11 is 1.82. The summed E-state index contributed by atoms with van der Waals surface area (Å²) < 4.78 is 0. The predicted octanol–water partition coefficient (Wildman–Crippen LogP) is 2.81. The van der Waals surface area contributed by atoms with Gasteiger partial charge in [-0.2, -0.15) is 0 Å². The summed E-state index contributed by atoms with van der Waals surface area (Å²) in [6.07, 6.45) is 3.64. The topological polar surface area (TPSA) is 81.8 Å². The highest BCUT2D eigenvalue weighted by atomic mass is 32.1. The van der Waals surface area contributed by atoms with E-state index in [1.165, 1.54) is 4.88 Å². The summed E-state index contributed by atoms with van der Waals surface area (Å²) in [5, 5.41) is 7.47. The van der Waals surface area contributed by atoms with Crippen LogP contribution in [0.25, 0.3) is 0 Å². The number of likely N-dealkylation sites (tertiary alicyclic amines) is 1. The van der Waals surface area contributed by atoms with Crippen molar-refractivity contribution in [2.75, 3.05) is 42.9 Å². The zero-order valence-electron chi connectivity index (χ0n) is 17.5. The molecular weight excluding hydrogens is 412 g/mol. The Hall–Kier alpha value is -2.71. The van der Waals surface area contributed by atoms with E-state index in [4.69, 9.17) is 0 Å². The van der Waals surface area contributed by atoms with Crippen molar-refractivity contribution >= 4 is 40.4 Å². The van der Waals surface area contributed by atoms with Crippen LogP contribution in [0.3, 0.4) is 0 Å². The van der Waals surface area contributed by atoms with Gasteiger partial charge in [0.15, 0.2) is 0 Å². The maximum Gasteiger partial charge on any atom is 0.313 e. The summed E-state index contributed by atoms with van der Waals surface area (Å²) in [5.74, 6) is -0.610. The zero-order valence-corrected chi connectivity index (χ0v) is 18.3. The average Bonchev–Trinajstić information content (AvgIpc) is 3.46. The third-order valence-corrected chi connectivity index (χ3v) is 6.98. The fourth-order valence-electron chi connectivity index (χ4n) is 4.23. The highest BCUT2D eigenvalue weighted by Gasteiger charge is 2.23. The number of benzene rings is 1. The summed E-state index contributed by atoms with van der Waals surface area (Å²) in [5.41, 5.74) is 1.25. The normalized spacial score (nSPS) is 17.7. The van der Waals surface area contributed by atoms with Crippen LogP contribution in [0.4, 0.5) is 11.4 Å². The summed E-state index contributed by atoms with van der Waals surface area (Å²) in [6, 6.07) is 11.4. The van der Waals surface area contributed by atoms with E-state index in [0.29, 0.717) is 31.1 Å². The molecule has 3 amide bonds. The molecule has 2 N–H and O–H groups in total. The smallest absolute Gasteiger partial charge is 0.313 e. The average molecular weight is 441 g/mol. The number of hydrogen-bond acceptors (Lipinski definition) is 5. The van der Waals surface area contributed by atoms with Gasteiger partial charge in [0.1, 0.15) is 0 Å². The first-order chi connectivity index (χ1) is 15.1. The minimum atomic E-state index is -0.693. The van der Waals surface area contributed by atoms with Gasteiger partial charge in [-0.25, -0.2) is 0 Å². The molecule has 0 unspecified atom stereocenters. The molecule has 31 heavy (non-hydrogen) atoms. The molecule has 3 heterocycles. The number of thiophene rings is 1. The highest BCUT2D eigenvalue weighted by Crippen LogP contribution is 2.30. The van der Waals surface area contributed by atoms with E-state index >= 15 is 0 Å². The maximum absolute atomic E-state index is 12.2. The first-order valence-electron chi connectivity index (χ1n) is 10.9. The fraction of sp³-hybridized carbons (Fsp3) is 0.435. The number of carbonyl (C=O) groups is 3. The van der Waals surface area contributed by atoms with Crippen molar-refractivity contribution in [3.8, 4) is 0 Å². The minimum Gasteiger partial charge on any atom is -0.347 e. The number of anilines is 2. The molecule has 8 heteroatoms. The summed E-state index contributed by atoms with van der Waals surface area (Å²) in [6.45, 7) is 3.88. The number of nitrogens with zero attached hydrogens (tertiary/aromatic N) is 2. The Morgan fingerprint density at radius 1 is 1.06 bits per heavy atom. The molecule has 2 aromatic rings. The van der Waals surface area contributed by atoms with E-state index in [9.17, 15) is 14.4 Å². The Balaban J connectivity index is 1.19. The van der Waals surface area contributed by atoms with Crippen molar-refractivity contribution in [2.24, 2.45) is 0 Å². The lowest BCUT2D eigenvalue weighted by Gasteiger charge is -2.31. The molecule has 2 fully saturated rings. The van der Waals surface area contributed by atoms with Crippen LogP contribution in [-0.2, 0) is 14.4 Å². The minimum absolute atomic E-state index is 0.0839. The second-order valence-electron chi connectivity index (χ2n) is 8.04. The number of piperidine rings is 1. The van der Waals surface area contributed by atoms with Crippen LogP contribution in [0.5, 0.6) is 0 Å². The molecule has 0 spiro atoms. The Kier molecular flexibility index (Phi) is 6.99. The highest BCUT2D eigenvalue weighted by molar-refractivity contribution is 7.10. The van der Waals surface area contributed by atoms with Gasteiger partial charge in [0.25, 0.3) is 0 Å². The van der Waals surface area contributed by atoms with Crippen molar-refractivity contribution in [3.05, 3.63) is 46.7 Å². The Bertz CT molecular complexity index is 923. The largest absolute Gasteiger partial charge is 0.347 e. The van der Waals surface area contributed by atoms with Gasteiger partial charge in [-0.1, -0.05) is 12.1 Å². The van der Waals surface area contributed by atoms with E-state index in [1.54, 1.807) is 23.1 Å². The van der Waals surface area contributed by atoms with E-state index < -0.39 is 11.8 Å². The van der Waals surface area contributed by atoms with Crippen molar-refractivity contribution in [1.29, 1.82) is 0 Å². The number of carbonyl (C=O) groups excluding carboxylic acids is 3. The molecule has 1 aromatic carbocycles. The standard InChI is InChI=1S/C23H28N4O3S/c28-21-7-2-11-27(21)19-5-1-4-18(16-19)25-23(30)22(29)24-10-14-26-12-8-17(9-13-26)20-6-3-15-31-20/h1,3-6,15-17H,2,7-14H2,(H,24,29)(H,25,30). The Morgan fingerprint density at radius 3 is 2.61 bits per heavy atom. The van der Waals surface area contributed by atoms with Gasteiger partial charge >= 0.3 is 11.8 Å². The van der Waals surface area contributed by atoms with Gasteiger partial charge in [0.2, 0.25) is 5.91 Å². The van der Waals surface area contributed by atoms with Crippen LogP contribution in [0.15, 0.2) is 41.8 Å². The summed E-state index contributed by atoms with van der Waals surface area (Å²) in [4.78, 5) is 41.8. The van der Waals surface area contributed by atoms with E-state index in [1.807, 2.05) is 17.4 Å². The van der Waals surface area contributed by atoms with Gasteiger partial charge in [-0.15, -0.1) is 11.3 Å². The van der Waals surface area contributed by atoms with Crippen LogP contribution in [0.1, 0.15) is 36.5 Å². The molecular formula is C23H28N4O3S. The number of amides is 3. The monoisotopic (exact) mass is 440 g/mol. The molecule has 7 nitrogen and oxygen atoms in total. The molecule has 0 bridgehead atoms. The fourth-order valence-corrected chi connectivity index (χ4v) is 5.13. The molecule has 164 valence electrons. The van der Waals surface area contributed by atoms with Crippen LogP contribution < -0.4 is 15.5 Å². The van der Waals surface area contributed by atoms with Gasteiger partial charge in [-0.05, 0) is 67.9 Å². The quantitative estimate of drug-likeness (QED) is 0.677. The lowest BCUT2D eigenvalue weighted by molar-refractivity contribution is -0.136. The molecule has 0 saturated carbocycles. The van der Waals surface area contributed by atoms with Gasteiger partial charge in [0.05, 0.1) is 0 Å². The number of nitrogens with one attached hydrogen (secondary N) is 2. The van der Waals surface area contributed by atoms with E-state index in [0.717, 1.165) is 44.6 Å². The lowest BCUT2D eigenvalue weighted by Crippen LogP contribution is -2.42. The van der Waals surface area contributed by atoms with E-state index in [-0.39, 0.29) is 5.91 Å². The van der Waals surface area contributed by atoms with Crippen molar-refractivity contribution in [1.82, 2.24) is 10.2 Å². The lowest BCUT2D eigenvalue weighted by atomic mass is 9.95. The second-order valence-corrected chi connectivity index (χ2v) is 9.02. The van der Waals surface area contributed by atoms with Crippen molar-refractivity contribution < 1.29 is 14.4 Å². The Morgan fingerprint density at radius 2 is 1.90 bits per heavy atom. The number of rotatable bonds is 6. The molecule has 2 saturated heterocycles. The maximum atomic E-state index is 12.2. The predicted molar refractivity (Wildman–Crippen MR) is 122 cm³/mol. The van der Waals surface area contributed by atoms with E-state index in [2.05, 4.69) is 33.0 Å². The molecule has 0 aliphatic carbocycles. The second kappa shape index (κ2) is 10.1. The molecule has 2 aliphatic heterocycles. The molecule has 0 atom stereocenters.